The van der Waals surface area contributed by atoms with E-state index >= 15 is 0 Å². The van der Waals surface area contributed by atoms with E-state index in [1.165, 1.54) is 8.45 Å². The fourth-order valence-electron chi connectivity index (χ4n) is 0.754. The number of halogens is 1. The Labute approximate surface area is 78.8 Å². The van der Waals surface area contributed by atoms with Crippen molar-refractivity contribution in [3.05, 3.63) is 19.9 Å². The smallest absolute Gasteiger partial charge is 0.0656 e. The Bertz CT molecular complexity index is 209. The van der Waals surface area contributed by atoms with E-state index in [1.807, 2.05) is 0 Å². The number of hydrogen-bond acceptors (Lipinski definition) is 2. The Morgan fingerprint density at radius 3 is 2.90 bits per heavy atom. The molecule has 1 atom stereocenters. The van der Waals surface area contributed by atoms with Gasteiger partial charge in [-0.1, -0.05) is 6.92 Å². The Balaban J connectivity index is 2.74. The lowest BCUT2D eigenvalue weighted by molar-refractivity contribution is 0.701. The summed E-state index contributed by atoms with van der Waals surface area (Å²) < 4.78 is 1.32. The molecule has 1 heterocycles. The summed E-state index contributed by atoms with van der Waals surface area (Å²) in [6.45, 7) is 2.11. The zero-order valence-corrected chi connectivity index (χ0v) is 8.78. The first-order valence-corrected chi connectivity index (χ1v) is 5.19. The average Bonchev–Trinajstić information content (AvgIpc) is 2.34. The van der Waals surface area contributed by atoms with Crippen molar-refractivity contribution in [2.45, 2.75) is 19.4 Å². The van der Waals surface area contributed by atoms with Crippen molar-refractivity contribution < 1.29 is 0 Å². The molecule has 3 heteroatoms. The minimum Gasteiger partial charge on any atom is -0.324 e. The summed E-state index contributed by atoms with van der Waals surface area (Å²) in [6.07, 6.45) is 1.02. The van der Waals surface area contributed by atoms with Crippen molar-refractivity contribution in [2.75, 3.05) is 0 Å². The quantitative estimate of drug-likeness (QED) is 0.819. The molecule has 0 fully saturated rings. The van der Waals surface area contributed by atoms with Gasteiger partial charge >= 0.3 is 0 Å². The predicted molar refractivity (Wildman–Crippen MR) is 54.3 cm³/mol. The average molecular weight is 267 g/mol. The van der Waals surface area contributed by atoms with Crippen LogP contribution >= 0.6 is 33.9 Å². The molecule has 0 spiro atoms. The van der Waals surface area contributed by atoms with Gasteiger partial charge in [0.2, 0.25) is 0 Å². The molecule has 1 unspecified atom stereocenters. The summed E-state index contributed by atoms with van der Waals surface area (Å²) in [4.78, 5) is 0. The summed E-state index contributed by atoms with van der Waals surface area (Å²) in [7, 11) is 0. The maximum atomic E-state index is 5.81. The van der Waals surface area contributed by atoms with E-state index in [1.54, 1.807) is 11.3 Å². The third-order valence-electron chi connectivity index (χ3n) is 1.46. The van der Waals surface area contributed by atoms with E-state index in [2.05, 4.69) is 41.0 Å². The van der Waals surface area contributed by atoms with Gasteiger partial charge in [-0.05, 0) is 46.0 Å². The molecule has 0 aromatic carbocycles. The van der Waals surface area contributed by atoms with E-state index in [-0.39, 0.29) is 6.04 Å². The normalized spacial score (nSPS) is 13.5. The van der Waals surface area contributed by atoms with Gasteiger partial charge in [0.05, 0.1) is 2.88 Å². The first-order chi connectivity index (χ1) is 4.74. The highest BCUT2D eigenvalue weighted by molar-refractivity contribution is 14.1. The Morgan fingerprint density at radius 2 is 2.50 bits per heavy atom. The second-order valence-corrected chi connectivity index (χ2v) is 5.00. The standard InChI is InChI=1S/C7H10INS/c1-2-6(9)5-3-7(8)10-4-5/h3-4,6H,2,9H2,1H3. The largest absolute Gasteiger partial charge is 0.324 e. The Hall–Kier alpha value is 0.390. The zero-order chi connectivity index (χ0) is 7.56. The molecular formula is C7H10INS. The molecule has 0 radical (unpaired) electrons. The molecular weight excluding hydrogens is 257 g/mol. The van der Waals surface area contributed by atoms with Crippen LogP contribution in [-0.2, 0) is 0 Å². The van der Waals surface area contributed by atoms with Crippen LogP contribution in [-0.4, -0.2) is 0 Å². The minimum atomic E-state index is 0.236. The molecule has 1 rings (SSSR count). The maximum absolute atomic E-state index is 5.81. The molecule has 0 saturated carbocycles. The lowest BCUT2D eigenvalue weighted by Gasteiger charge is -2.03. The third kappa shape index (κ3) is 1.93. The van der Waals surface area contributed by atoms with Crippen molar-refractivity contribution in [1.29, 1.82) is 0 Å². The first-order valence-electron chi connectivity index (χ1n) is 3.23. The molecule has 0 aliphatic rings. The second kappa shape index (κ2) is 3.69. The lowest BCUT2D eigenvalue weighted by Crippen LogP contribution is -2.06. The van der Waals surface area contributed by atoms with Crippen molar-refractivity contribution in [3.63, 3.8) is 0 Å². The van der Waals surface area contributed by atoms with Gasteiger partial charge in [0, 0.05) is 6.04 Å². The van der Waals surface area contributed by atoms with Gasteiger partial charge in [0.1, 0.15) is 0 Å². The summed E-state index contributed by atoms with van der Waals surface area (Å²) in [6, 6.07) is 2.39. The predicted octanol–water partition coefficient (Wildman–Crippen LogP) is 2.76. The van der Waals surface area contributed by atoms with E-state index in [0.717, 1.165) is 6.42 Å². The topological polar surface area (TPSA) is 26.0 Å². The van der Waals surface area contributed by atoms with E-state index in [4.69, 9.17) is 5.73 Å². The second-order valence-electron chi connectivity index (χ2n) is 2.20. The first kappa shape index (κ1) is 8.49. The van der Waals surface area contributed by atoms with Crippen molar-refractivity contribution in [3.8, 4) is 0 Å². The summed E-state index contributed by atoms with van der Waals surface area (Å²) >= 11 is 4.07. The van der Waals surface area contributed by atoms with Crippen molar-refractivity contribution in [2.24, 2.45) is 5.73 Å². The van der Waals surface area contributed by atoms with Gasteiger partial charge in [-0.25, -0.2) is 0 Å². The fraction of sp³-hybridized carbons (Fsp3) is 0.429. The molecule has 2 N–H and O–H groups in total. The van der Waals surface area contributed by atoms with Crippen LogP contribution in [0.15, 0.2) is 11.4 Å². The van der Waals surface area contributed by atoms with Crippen LogP contribution in [0, 0.1) is 2.88 Å². The van der Waals surface area contributed by atoms with Gasteiger partial charge in [-0.15, -0.1) is 11.3 Å². The zero-order valence-electron chi connectivity index (χ0n) is 5.80. The van der Waals surface area contributed by atoms with Crippen LogP contribution in [0.3, 0.4) is 0 Å². The van der Waals surface area contributed by atoms with Crippen LogP contribution < -0.4 is 5.73 Å². The van der Waals surface area contributed by atoms with Crippen LogP contribution in [0.5, 0.6) is 0 Å². The summed E-state index contributed by atoms with van der Waals surface area (Å²) in [5, 5.41) is 2.13. The number of nitrogens with two attached hydrogens (primary N) is 1. The van der Waals surface area contributed by atoms with E-state index < -0.39 is 0 Å². The Kier molecular flexibility index (Phi) is 3.13. The Morgan fingerprint density at radius 1 is 1.80 bits per heavy atom. The molecule has 0 bridgehead atoms. The molecule has 0 amide bonds. The molecule has 1 aromatic rings. The summed E-state index contributed by atoms with van der Waals surface area (Å²) in [5.74, 6) is 0. The van der Waals surface area contributed by atoms with Crippen LogP contribution in [0.25, 0.3) is 0 Å². The molecule has 0 saturated heterocycles. The molecule has 1 aromatic heterocycles. The van der Waals surface area contributed by atoms with Gasteiger partial charge in [-0.3, -0.25) is 0 Å². The lowest BCUT2D eigenvalue weighted by atomic mass is 10.1. The van der Waals surface area contributed by atoms with Gasteiger partial charge in [0.15, 0.2) is 0 Å². The fourth-order valence-corrected chi connectivity index (χ4v) is 2.19. The highest BCUT2D eigenvalue weighted by Crippen LogP contribution is 2.22. The van der Waals surface area contributed by atoms with E-state index in [9.17, 15) is 0 Å². The third-order valence-corrected chi connectivity index (χ3v) is 3.26. The van der Waals surface area contributed by atoms with Crippen LogP contribution in [0.4, 0.5) is 0 Å². The van der Waals surface area contributed by atoms with Crippen LogP contribution in [0.2, 0.25) is 0 Å². The van der Waals surface area contributed by atoms with Crippen LogP contribution in [0.1, 0.15) is 24.9 Å². The van der Waals surface area contributed by atoms with Gasteiger partial charge in [0.25, 0.3) is 0 Å². The van der Waals surface area contributed by atoms with Gasteiger partial charge < -0.3 is 5.73 Å². The van der Waals surface area contributed by atoms with Crippen molar-refractivity contribution >= 4 is 33.9 Å². The number of hydrogen-bond donors (Lipinski definition) is 1. The molecule has 1 nitrogen and oxygen atoms in total. The highest BCUT2D eigenvalue weighted by atomic mass is 127. The number of thiophene rings is 1. The molecule has 10 heavy (non-hydrogen) atoms. The molecule has 56 valence electrons. The highest BCUT2D eigenvalue weighted by Gasteiger charge is 2.03. The van der Waals surface area contributed by atoms with E-state index in [0.29, 0.717) is 0 Å². The maximum Gasteiger partial charge on any atom is 0.0656 e. The molecule has 0 aliphatic carbocycles. The number of rotatable bonds is 2. The molecule has 0 aliphatic heterocycles. The van der Waals surface area contributed by atoms with Crippen molar-refractivity contribution in [1.82, 2.24) is 0 Å². The SMILES string of the molecule is CCC(N)c1csc(I)c1. The minimum absolute atomic E-state index is 0.236. The van der Waals surface area contributed by atoms with Gasteiger partial charge in [-0.2, -0.15) is 0 Å². The summed E-state index contributed by atoms with van der Waals surface area (Å²) in [5.41, 5.74) is 7.09. The monoisotopic (exact) mass is 267 g/mol.